The van der Waals surface area contributed by atoms with Crippen LogP contribution < -0.4 is 9.64 Å². The number of carbonyl (C=O) groups is 1. The van der Waals surface area contributed by atoms with Crippen molar-refractivity contribution in [2.24, 2.45) is 0 Å². The summed E-state index contributed by atoms with van der Waals surface area (Å²) in [4.78, 5) is 16.4. The maximum Gasteiger partial charge on any atom is 0.456 e. The second-order valence-corrected chi connectivity index (χ2v) is 11.2. The van der Waals surface area contributed by atoms with Crippen LogP contribution in [0.4, 0.5) is 27.6 Å². The SMILES string of the molecule is CS(=O)(=O)c1ccc(OCC(F)(F)C(F)(F)F)c(C(=O)N2Cc3cc(Cl)c(N4CCOCC4)cc3C2)c1. The highest BCUT2D eigenvalue weighted by Crippen LogP contribution is 2.38. The predicted octanol–water partition coefficient (Wildman–Crippen LogP) is 4.31. The Hall–Kier alpha value is -2.64. The lowest BCUT2D eigenvalue weighted by molar-refractivity contribution is -0.290. The van der Waals surface area contributed by atoms with Gasteiger partial charge in [-0.2, -0.15) is 22.0 Å². The minimum absolute atomic E-state index is 0.0680. The number of carbonyl (C=O) groups excluding carboxylic acids is 1. The molecule has 202 valence electrons. The molecule has 1 saturated heterocycles. The highest BCUT2D eigenvalue weighted by molar-refractivity contribution is 7.90. The van der Waals surface area contributed by atoms with E-state index in [2.05, 4.69) is 0 Å². The zero-order valence-electron chi connectivity index (χ0n) is 19.4. The summed E-state index contributed by atoms with van der Waals surface area (Å²) in [6.07, 6.45) is -4.99. The molecule has 0 bridgehead atoms. The standard InChI is InChI=1S/C23H22ClF5N2O5S/c1-37(33,34)16-2-3-20(36-13-22(25,26)23(27,28)29)17(10-16)21(32)31-11-14-8-18(24)19(9-15(14)12-31)30-4-6-35-7-5-30/h2-3,8-10H,4-7,11-13H2,1H3. The molecule has 1 amide bonds. The highest BCUT2D eigenvalue weighted by atomic mass is 35.5. The van der Waals surface area contributed by atoms with Gasteiger partial charge in [-0.1, -0.05) is 11.6 Å². The van der Waals surface area contributed by atoms with E-state index in [1.165, 1.54) is 4.90 Å². The maximum atomic E-state index is 13.5. The molecule has 0 radical (unpaired) electrons. The molecule has 0 unspecified atom stereocenters. The lowest BCUT2D eigenvalue weighted by atomic mass is 10.1. The topological polar surface area (TPSA) is 76.2 Å². The molecular formula is C23H22ClF5N2O5S. The lowest BCUT2D eigenvalue weighted by Gasteiger charge is -2.30. The number of ether oxygens (including phenoxy) is 2. The Balaban J connectivity index is 1.62. The van der Waals surface area contributed by atoms with E-state index in [4.69, 9.17) is 21.1 Å². The minimum Gasteiger partial charge on any atom is -0.486 e. The van der Waals surface area contributed by atoms with Crippen molar-refractivity contribution in [3.63, 3.8) is 0 Å². The van der Waals surface area contributed by atoms with Crippen LogP contribution >= 0.6 is 11.6 Å². The molecule has 2 aliphatic rings. The molecule has 1 fully saturated rings. The van der Waals surface area contributed by atoms with Gasteiger partial charge in [0.1, 0.15) is 5.75 Å². The third-order valence-electron chi connectivity index (χ3n) is 6.06. The smallest absolute Gasteiger partial charge is 0.456 e. The van der Waals surface area contributed by atoms with E-state index < -0.39 is 45.8 Å². The molecule has 0 aromatic heterocycles. The van der Waals surface area contributed by atoms with Crippen LogP contribution in [0.3, 0.4) is 0 Å². The van der Waals surface area contributed by atoms with Crippen molar-refractivity contribution in [1.82, 2.24) is 4.90 Å². The van der Waals surface area contributed by atoms with E-state index in [1.807, 2.05) is 11.0 Å². The van der Waals surface area contributed by atoms with Gasteiger partial charge in [0.15, 0.2) is 16.4 Å². The Labute approximate surface area is 214 Å². The van der Waals surface area contributed by atoms with E-state index >= 15 is 0 Å². The van der Waals surface area contributed by atoms with Gasteiger partial charge in [-0.3, -0.25) is 4.79 Å². The molecule has 4 rings (SSSR count). The molecule has 2 aromatic rings. The molecular weight excluding hydrogens is 547 g/mol. The van der Waals surface area contributed by atoms with Crippen LogP contribution in [-0.4, -0.2) is 70.5 Å². The van der Waals surface area contributed by atoms with Crippen LogP contribution in [0.5, 0.6) is 5.75 Å². The number of anilines is 1. The predicted molar refractivity (Wildman–Crippen MR) is 124 cm³/mol. The number of morpholine rings is 1. The van der Waals surface area contributed by atoms with E-state index in [9.17, 15) is 35.2 Å². The third-order valence-corrected chi connectivity index (χ3v) is 7.48. The summed E-state index contributed by atoms with van der Waals surface area (Å²) in [5.74, 6) is -6.57. The van der Waals surface area contributed by atoms with Crippen LogP contribution in [0.25, 0.3) is 0 Å². The summed E-state index contributed by atoms with van der Waals surface area (Å²) in [6, 6.07) is 6.33. The molecule has 0 aliphatic carbocycles. The first-order valence-corrected chi connectivity index (χ1v) is 13.3. The first-order valence-electron chi connectivity index (χ1n) is 11.0. The zero-order valence-corrected chi connectivity index (χ0v) is 21.0. The fraction of sp³-hybridized carbons (Fsp3) is 0.435. The van der Waals surface area contributed by atoms with Crippen LogP contribution in [0, 0.1) is 0 Å². The summed E-state index contributed by atoms with van der Waals surface area (Å²) in [6.45, 7) is 0.400. The fourth-order valence-corrected chi connectivity index (χ4v) is 5.00. The second-order valence-electron chi connectivity index (χ2n) is 8.75. The summed E-state index contributed by atoms with van der Waals surface area (Å²) in [5, 5.41) is 0.465. The molecule has 2 aromatic carbocycles. The lowest BCUT2D eigenvalue weighted by Crippen LogP contribution is -2.42. The van der Waals surface area contributed by atoms with Gasteiger partial charge in [0.2, 0.25) is 0 Å². The van der Waals surface area contributed by atoms with Gasteiger partial charge in [0, 0.05) is 32.4 Å². The summed E-state index contributed by atoms with van der Waals surface area (Å²) >= 11 is 6.47. The first kappa shape index (κ1) is 27.4. The second kappa shape index (κ2) is 9.91. The summed E-state index contributed by atoms with van der Waals surface area (Å²) in [7, 11) is -3.83. The first-order chi connectivity index (χ1) is 17.2. The average molecular weight is 569 g/mol. The molecule has 14 heteroatoms. The molecule has 0 saturated carbocycles. The number of alkyl halides is 5. The zero-order chi connectivity index (χ0) is 27.2. The van der Waals surface area contributed by atoms with Crippen molar-refractivity contribution in [3.05, 3.63) is 52.0 Å². The third kappa shape index (κ3) is 5.78. The number of amides is 1. The fourth-order valence-electron chi connectivity index (χ4n) is 4.05. The van der Waals surface area contributed by atoms with Gasteiger partial charge in [-0.15, -0.1) is 0 Å². The van der Waals surface area contributed by atoms with Gasteiger partial charge >= 0.3 is 12.1 Å². The molecule has 2 heterocycles. The van der Waals surface area contributed by atoms with Gasteiger partial charge in [-0.05, 0) is 41.5 Å². The van der Waals surface area contributed by atoms with E-state index in [-0.39, 0.29) is 18.0 Å². The number of hydrogen-bond acceptors (Lipinski definition) is 6. The van der Waals surface area contributed by atoms with Gasteiger partial charge in [0.25, 0.3) is 5.91 Å². The van der Waals surface area contributed by atoms with E-state index in [1.54, 1.807) is 6.07 Å². The highest BCUT2D eigenvalue weighted by Gasteiger charge is 2.58. The van der Waals surface area contributed by atoms with Crippen molar-refractivity contribution in [2.75, 3.05) is 44.1 Å². The maximum absolute atomic E-state index is 13.5. The number of benzene rings is 2. The Kier molecular flexibility index (Phi) is 7.34. The van der Waals surface area contributed by atoms with Gasteiger partial charge < -0.3 is 19.3 Å². The monoisotopic (exact) mass is 568 g/mol. The molecule has 2 aliphatic heterocycles. The number of rotatable bonds is 6. The Morgan fingerprint density at radius 2 is 1.68 bits per heavy atom. The number of halogens is 6. The van der Waals surface area contributed by atoms with Crippen molar-refractivity contribution in [1.29, 1.82) is 0 Å². The van der Waals surface area contributed by atoms with Crippen LogP contribution in [0.15, 0.2) is 35.2 Å². The largest absolute Gasteiger partial charge is 0.486 e. The number of hydrogen-bond donors (Lipinski definition) is 0. The molecule has 0 atom stereocenters. The van der Waals surface area contributed by atoms with E-state index in [0.717, 1.165) is 41.3 Å². The molecule has 7 nitrogen and oxygen atoms in total. The number of sulfone groups is 1. The minimum atomic E-state index is -5.86. The quantitative estimate of drug-likeness (QED) is 0.484. The van der Waals surface area contributed by atoms with Crippen molar-refractivity contribution in [3.8, 4) is 5.75 Å². The number of nitrogens with zero attached hydrogens (tertiary/aromatic N) is 2. The van der Waals surface area contributed by atoms with Crippen LogP contribution in [0.2, 0.25) is 5.02 Å². The van der Waals surface area contributed by atoms with Gasteiger partial charge in [-0.25, -0.2) is 8.42 Å². The van der Waals surface area contributed by atoms with Crippen molar-refractivity contribution < 1.29 is 44.6 Å². The van der Waals surface area contributed by atoms with Crippen molar-refractivity contribution >= 4 is 33.0 Å². The Morgan fingerprint density at radius 1 is 1.05 bits per heavy atom. The van der Waals surface area contributed by atoms with Crippen LogP contribution in [-0.2, 0) is 27.7 Å². The normalized spacial score (nSPS) is 16.6. The Morgan fingerprint density at radius 3 is 2.27 bits per heavy atom. The van der Waals surface area contributed by atoms with Crippen molar-refractivity contribution in [2.45, 2.75) is 30.1 Å². The number of fused-ring (bicyclic) bond motifs is 1. The molecule has 0 spiro atoms. The Bertz CT molecular complexity index is 1310. The average Bonchev–Trinajstić information content (AvgIpc) is 3.23. The summed E-state index contributed by atoms with van der Waals surface area (Å²) < 4.78 is 98.9. The van der Waals surface area contributed by atoms with Gasteiger partial charge in [0.05, 0.1) is 34.4 Å². The molecule has 0 N–H and O–H groups in total. The van der Waals surface area contributed by atoms with E-state index in [0.29, 0.717) is 31.3 Å². The molecule has 37 heavy (non-hydrogen) atoms. The summed E-state index contributed by atoms with van der Waals surface area (Å²) in [5.41, 5.74) is 1.80. The van der Waals surface area contributed by atoms with Crippen LogP contribution in [0.1, 0.15) is 21.5 Å².